The van der Waals surface area contributed by atoms with Crippen LogP contribution in [0.25, 0.3) is 0 Å². The number of aliphatic imine (C=N–C) groups is 1. The third-order valence-corrected chi connectivity index (χ3v) is 5.60. The highest BCUT2D eigenvalue weighted by molar-refractivity contribution is 14.0. The van der Waals surface area contributed by atoms with Crippen molar-refractivity contribution in [1.29, 1.82) is 0 Å². The van der Waals surface area contributed by atoms with Gasteiger partial charge >= 0.3 is 0 Å². The molecule has 1 heterocycles. The molecule has 2 aliphatic rings. The Morgan fingerprint density at radius 3 is 2.52 bits per heavy atom. The highest BCUT2D eigenvalue weighted by atomic mass is 127. The number of rotatable bonds is 8. The van der Waals surface area contributed by atoms with E-state index in [0.29, 0.717) is 19.5 Å². The summed E-state index contributed by atoms with van der Waals surface area (Å²) in [4.78, 5) is 18.1. The van der Waals surface area contributed by atoms with Crippen LogP contribution in [0.3, 0.4) is 0 Å². The molecule has 166 valence electrons. The molecule has 1 aliphatic heterocycles. The van der Waals surface area contributed by atoms with E-state index >= 15 is 0 Å². The van der Waals surface area contributed by atoms with Crippen molar-refractivity contribution < 1.29 is 9.53 Å². The van der Waals surface area contributed by atoms with Crippen molar-refractivity contribution in [2.24, 2.45) is 10.9 Å². The number of hydrogen-bond acceptors (Lipinski definition) is 3. The Kier molecular flexibility index (Phi) is 8.57. The largest absolute Gasteiger partial charge is 0.493 e. The number of amides is 1. The molecule has 2 N–H and O–H groups in total. The number of para-hydroxylation sites is 1. The van der Waals surface area contributed by atoms with Crippen LogP contribution in [0.15, 0.2) is 53.5 Å². The molecule has 2 fully saturated rings. The fourth-order valence-corrected chi connectivity index (χ4v) is 3.58. The number of anilines is 1. The van der Waals surface area contributed by atoms with Crippen LogP contribution in [0.4, 0.5) is 5.69 Å². The first-order valence-corrected chi connectivity index (χ1v) is 10.8. The maximum atomic E-state index is 11.9. The monoisotopic (exact) mass is 534 g/mol. The molecule has 1 aliphatic carbocycles. The molecule has 7 heteroatoms. The maximum Gasteiger partial charge on any atom is 0.227 e. The minimum absolute atomic E-state index is 0. The van der Waals surface area contributed by atoms with Crippen molar-refractivity contribution in [2.75, 3.05) is 25.1 Å². The molecule has 1 amide bonds. The Bertz CT molecular complexity index is 897. The molecule has 2 aromatic rings. The number of benzene rings is 2. The molecular formula is C24H31IN4O2. The Labute approximate surface area is 201 Å². The molecule has 0 spiro atoms. The van der Waals surface area contributed by atoms with Gasteiger partial charge in [-0.05, 0) is 48.9 Å². The van der Waals surface area contributed by atoms with Gasteiger partial charge < -0.3 is 20.3 Å². The van der Waals surface area contributed by atoms with Gasteiger partial charge in [-0.15, -0.1) is 24.0 Å². The highest BCUT2D eigenvalue weighted by Crippen LogP contribution is 2.30. The van der Waals surface area contributed by atoms with Gasteiger partial charge in [0.1, 0.15) is 5.75 Å². The highest BCUT2D eigenvalue weighted by Gasteiger charge is 2.22. The average molecular weight is 534 g/mol. The van der Waals surface area contributed by atoms with Gasteiger partial charge in [0.05, 0.1) is 6.61 Å². The molecule has 0 unspecified atom stereocenters. The summed E-state index contributed by atoms with van der Waals surface area (Å²) < 4.78 is 5.99. The van der Waals surface area contributed by atoms with Crippen LogP contribution in [0, 0.1) is 5.92 Å². The first kappa shape index (κ1) is 23.4. The molecule has 31 heavy (non-hydrogen) atoms. The number of carbonyl (C=O) groups excluding carboxylic acids is 1. The van der Waals surface area contributed by atoms with Crippen molar-refractivity contribution in [3.63, 3.8) is 0 Å². The van der Waals surface area contributed by atoms with Crippen molar-refractivity contribution in [2.45, 2.75) is 38.8 Å². The minimum atomic E-state index is 0. The summed E-state index contributed by atoms with van der Waals surface area (Å²) in [6, 6.07) is 16.3. The van der Waals surface area contributed by atoms with Gasteiger partial charge in [-0.1, -0.05) is 30.3 Å². The number of nitrogens with one attached hydrogen (secondary N) is 2. The molecule has 4 rings (SSSR count). The third-order valence-electron chi connectivity index (χ3n) is 5.60. The summed E-state index contributed by atoms with van der Waals surface area (Å²) >= 11 is 0. The second kappa shape index (κ2) is 11.4. The predicted molar refractivity (Wildman–Crippen MR) is 135 cm³/mol. The van der Waals surface area contributed by atoms with E-state index < -0.39 is 0 Å². The second-order valence-corrected chi connectivity index (χ2v) is 7.96. The zero-order valence-electron chi connectivity index (χ0n) is 18.0. The molecule has 1 saturated carbocycles. The number of nitrogens with zero attached hydrogens (tertiary/aromatic N) is 2. The summed E-state index contributed by atoms with van der Waals surface area (Å²) in [7, 11) is 1.77. The quantitative estimate of drug-likeness (QED) is 0.305. The Balaban J connectivity index is 0.00000272. The van der Waals surface area contributed by atoms with Crippen LogP contribution in [0.5, 0.6) is 5.75 Å². The SMILES string of the molecule is CN=C(NCc1ccc(N2CCCC2=O)cc1)NCc1ccccc1OCC1CC1.I. The first-order chi connectivity index (χ1) is 14.7. The third kappa shape index (κ3) is 6.59. The average Bonchev–Trinajstić information content (AvgIpc) is 3.52. The fourth-order valence-electron chi connectivity index (χ4n) is 3.58. The molecule has 0 radical (unpaired) electrons. The van der Waals surface area contributed by atoms with E-state index in [9.17, 15) is 4.79 Å². The molecule has 0 atom stereocenters. The van der Waals surface area contributed by atoms with Crippen LogP contribution in [-0.2, 0) is 17.9 Å². The lowest BCUT2D eigenvalue weighted by molar-refractivity contribution is -0.117. The van der Waals surface area contributed by atoms with E-state index in [1.165, 1.54) is 12.8 Å². The van der Waals surface area contributed by atoms with E-state index in [1.807, 2.05) is 35.2 Å². The fraction of sp³-hybridized carbons (Fsp3) is 0.417. The standard InChI is InChI=1S/C24H30N4O2.HI/c1-25-24(27-16-20-5-2-3-6-22(20)30-17-19-8-9-19)26-15-18-10-12-21(13-11-18)28-14-4-7-23(28)29;/h2-3,5-6,10-13,19H,4,7-9,14-17H2,1H3,(H2,25,26,27);1H. The molecule has 0 bridgehead atoms. The number of hydrogen-bond donors (Lipinski definition) is 2. The Morgan fingerprint density at radius 1 is 1.10 bits per heavy atom. The van der Waals surface area contributed by atoms with Crippen molar-refractivity contribution in [1.82, 2.24) is 10.6 Å². The lowest BCUT2D eigenvalue weighted by Gasteiger charge is -2.17. The molecule has 0 aromatic heterocycles. The van der Waals surface area contributed by atoms with E-state index in [-0.39, 0.29) is 29.9 Å². The number of carbonyl (C=O) groups is 1. The molecular weight excluding hydrogens is 503 g/mol. The molecule has 6 nitrogen and oxygen atoms in total. The van der Waals surface area contributed by atoms with Crippen LogP contribution in [0.2, 0.25) is 0 Å². The van der Waals surface area contributed by atoms with Crippen molar-refractivity contribution >= 4 is 41.5 Å². The van der Waals surface area contributed by atoms with Crippen LogP contribution >= 0.6 is 24.0 Å². The molecule has 1 saturated heterocycles. The van der Waals surface area contributed by atoms with Crippen LogP contribution < -0.4 is 20.3 Å². The smallest absolute Gasteiger partial charge is 0.227 e. The van der Waals surface area contributed by atoms with Gasteiger partial charge in [0.15, 0.2) is 5.96 Å². The van der Waals surface area contributed by atoms with Crippen molar-refractivity contribution in [3.05, 3.63) is 59.7 Å². The zero-order valence-corrected chi connectivity index (χ0v) is 20.3. The van der Waals surface area contributed by atoms with E-state index in [2.05, 4.69) is 33.8 Å². The Hall–Kier alpha value is -2.29. The first-order valence-electron chi connectivity index (χ1n) is 10.8. The lowest BCUT2D eigenvalue weighted by Crippen LogP contribution is -2.36. The predicted octanol–water partition coefficient (Wildman–Crippen LogP) is 4.09. The summed E-state index contributed by atoms with van der Waals surface area (Å²) in [6.45, 7) is 2.94. The zero-order chi connectivity index (χ0) is 20.8. The van der Waals surface area contributed by atoms with Crippen LogP contribution in [0.1, 0.15) is 36.8 Å². The number of halogens is 1. The van der Waals surface area contributed by atoms with Crippen LogP contribution in [-0.4, -0.2) is 32.1 Å². The Morgan fingerprint density at radius 2 is 1.84 bits per heavy atom. The van der Waals surface area contributed by atoms with Gasteiger partial charge in [0, 0.05) is 44.4 Å². The van der Waals surface area contributed by atoms with Gasteiger partial charge in [0.2, 0.25) is 5.91 Å². The minimum Gasteiger partial charge on any atom is -0.493 e. The summed E-state index contributed by atoms with van der Waals surface area (Å²) in [5.41, 5.74) is 3.24. The summed E-state index contributed by atoms with van der Waals surface area (Å²) in [5.74, 6) is 2.63. The van der Waals surface area contributed by atoms with E-state index in [4.69, 9.17) is 4.74 Å². The lowest BCUT2D eigenvalue weighted by atomic mass is 10.2. The normalized spacial score (nSPS) is 16.1. The van der Waals surface area contributed by atoms with Gasteiger partial charge in [0.25, 0.3) is 0 Å². The van der Waals surface area contributed by atoms with E-state index in [0.717, 1.165) is 54.0 Å². The van der Waals surface area contributed by atoms with E-state index in [1.54, 1.807) is 7.05 Å². The summed E-state index contributed by atoms with van der Waals surface area (Å²) in [5, 5.41) is 6.72. The topological polar surface area (TPSA) is 66.0 Å². The maximum absolute atomic E-state index is 11.9. The van der Waals surface area contributed by atoms with Crippen molar-refractivity contribution in [3.8, 4) is 5.75 Å². The van der Waals surface area contributed by atoms with Gasteiger partial charge in [-0.3, -0.25) is 9.79 Å². The second-order valence-electron chi connectivity index (χ2n) is 7.96. The van der Waals surface area contributed by atoms with Gasteiger partial charge in [-0.25, -0.2) is 0 Å². The summed E-state index contributed by atoms with van der Waals surface area (Å²) in [6.07, 6.45) is 4.16. The number of guanidine groups is 1. The number of ether oxygens (including phenoxy) is 1. The van der Waals surface area contributed by atoms with Gasteiger partial charge in [-0.2, -0.15) is 0 Å². The molecule has 2 aromatic carbocycles.